The number of nitrogens with zero attached hydrogens (tertiary/aromatic N) is 3. The van der Waals surface area contributed by atoms with Crippen LogP contribution in [-0.2, 0) is 11.3 Å². The highest BCUT2D eigenvalue weighted by atomic mass is 16.5. The Balaban J connectivity index is 1.69. The second kappa shape index (κ2) is 6.75. The van der Waals surface area contributed by atoms with Gasteiger partial charge >= 0.3 is 0 Å². The topological polar surface area (TPSA) is 47.4 Å². The third-order valence-electron chi connectivity index (χ3n) is 4.06. The molecule has 0 unspecified atom stereocenters. The van der Waals surface area contributed by atoms with Crippen molar-refractivity contribution >= 4 is 5.91 Å². The second-order valence-corrected chi connectivity index (χ2v) is 5.66. The molecular weight excluding hydrogens is 278 g/mol. The van der Waals surface area contributed by atoms with Crippen molar-refractivity contribution < 1.29 is 9.53 Å². The summed E-state index contributed by atoms with van der Waals surface area (Å²) in [6, 6.07) is 10.3. The molecule has 0 bridgehead atoms. The number of rotatable bonds is 5. The Labute approximate surface area is 130 Å². The lowest BCUT2D eigenvalue weighted by Crippen LogP contribution is -2.37. The standard InChI is InChI=1S/C17H21N3O2/c1-22-13-16-8-5-9-20(16)17(21)15-10-18-19(12-15)11-14-6-3-2-4-7-14/h2-4,6-7,10,12,16H,5,8-9,11,13H2,1H3/t16-/m1/s1. The molecule has 1 amide bonds. The minimum Gasteiger partial charge on any atom is -0.383 e. The molecule has 0 saturated carbocycles. The fraction of sp³-hybridized carbons (Fsp3) is 0.412. The van der Waals surface area contributed by atoms with Gasteiger partial charge in [0.15, 0.2) is 0 Å². The van der Waals surface area contributed by atoms with Crippen molar-refractivity contribution in [2.45, 2.75) is 25.4 Å². The molecule has 0 aliphatic carbocycles. The van der Waals surface area contributed by atoms with Crippen LogP contribution >= 0.6 is 0 Å². The number of amides is 1. The van der Waals surface area contributed by atoms with Gasteiger partial charge in [-0.05, 0) is 18.4 Å². The molecule has 1 aliphatic rings. The molecule has 3 rings (SSSR count). The zero-order chi connectivity index (χ0) is 15.4. The summed E-state index contributed by atoms with van der Waals surface area (Å²) in [4.78, 5) is 14.5. The van der Waals surface area contributed by atoms with Gasteiger partial charge in [-0.15, -0.1) is 0 Å². The van der Waals surface area contributed by atoms with Crippen LogP contribution in [-0.4, -0.2) is 46.9 Å². The Morgan fingerprint density at radius 2 is 2.18 bits per heavy atom. The van der Waals surface area contributed by atoms with Crippen molar-refractivity contribution in [2.24, 2.45) is 0 Å². The van der Waals surface area contributed by atoms with E-state index in [1.807, 2.05) is 34.0 Å². The normalized spacial score (nSPS) is 17.9. The Kier molecular flexibility index (Phi) is 4.53. The van der Waals surface area contributed by atoms with E-state index in [2.05, 4.69) is 17.2 Å². The number of aromatic nitrogens is 2. The molecule has 0 spiro atoms. The van der Waals surface area contributed by atoms with E-state index in [-0.39, 0.29) is 11.9 Å². The van der Waals surface area contributed by atoms with E-state index in [1.165, 1.54) is 5.56 Å². The highest BCUT2D eigenvalue weighted by Gasteiger charge is 2.29. The predicted molar refractivity (Wildman–Crippen MR) is 83.7 cm³/mol. The summed E-state index contributed by atoms with van der Waals surface area (Å²) >= 11 is 0. The van der Waals surface area contributed by atoms with Gasteiger partial charge < -0.3 is 9.64 Å². The number of methoxy groups -OCH3 is 1. The van der Waals surface area contributed by atoms with Crippen LogP contribution in [0.4, 0.5) is 0 Å². The number of likely N-dealkylation sites (tertiary alicyclic amines) is 1. The minimum absolute atomic E-state index is 0.0545. The van der Waals surface area contributed by atoms with Gasteiger partial charge in [0.05, 0.1) is 31.0 Å². The van der Waals surface area contributed by atoms with E-state index in [0.717, 1.165) is 19.4 Å². The van der Waals surface area contributed by atoms with Gasteiger partial charge in [0.1, 0.15) is 0 Å². The zero-order valence-electron chi connectivity index (χ0n) is 12.8. The summed E-state index contributed by atoms with van der Waals surface area (Å²) in [6.07, 6.45) is 5.54. The highest BCUT2D eigenvalue weighted by Crippen LogP contribution is 2.20. The van der Waals surface area contributed by atoms with Crippen LogP contribution in [0.15, 0.2) is 42.7 Å². The first-order valence-electron chi connectivity index (χ1n) is 7.64. The quantitative estimate of drug-likeness (QED) is 0.850. The lowest BCUT2D eigenvalue weighted by Gasteiger charge is -2.23. The van der Waals surface area contributed by atoms with Gasteiger partial charge in [0.25, 0.3) is 5.91 Å². The maximum absolute atomic E-state index is 12.6. The first kappa shape index (κ1) is 14.8. The number of hydrogen-bond donors (Lipinski definition) is 0. The molecule has 5 nitrogen and oxygen atoms in total. The fourth-order valence-electron chi connectivity index (χ4n) is 2.97. The molecule has 0 N–H and O–H groups in total. The van der Waals surface area contributed by atoms with E-state index >= 15 is 0 Å². The number of carbonyl (C=O) groups is 1. The molecule has 1 aliphatic heterocycles. The number of carbonyl (C=O) groups excluding carboxylic acids is 1. The van der Waals surface area contributed by atoms with Crippen LogP contribution in [0.3, 0.4) is 0 Å². The van der Waals surface area contributed by atoms with E-state index in [4.69, 9.17) is 4.74 Å². The first-order chi connectivity index (χ1) is 10.8. The van der Waals surface area contributed by atoms with Crippen molar-refractivity contribution in [3.8, 4) is 0 Å². The van der Waals surface area contributed by atoms with Crippen molar-refractivity contribution in [3.05, 3.63) is 53.9 Å². The fourth-order valence-corrected chi connectivity index (χ4v) is 2.97. The third kappa shape index (κ3) is 3.20. The lowest BCUT2D eigenvalue weighted by atomic mass is 10.2. The second-order valence-electron chi connectivity index (χ2n) is 5.66. The number of hydrogen-bond acceptors (Lipinski definition) is 3. The van der Waals surface area contributed by atoms with Crippen LogP contribution in [0.5, 0.6) is 0 Å². The monoisotopic (exact) mass is 299 g/mol. The Hall–Kier alpha value is -2.14. The largest absolute Gasteiger partial charge is 0.383 e. The van der Waals surface area contributed by atoms with Gasteiger partial charge in [-0.25, -0.2) is 0 Å². The highest BCUT2D eigenvalue weighted by molar-refractivity contribution is 5.94. The van der Waals surface area contributed by atoms with E-state index in [9.17, 15) is 4.79 Å². The Morgan fingerprint density at radius 3 is 2.95 bits per heavy atom. The average Bonchev–Trinajstić information content (AvgIpc) is 3.18. The SMILES string of the molecule is COC[C@H]1CCCN1C(=O)c1cnn(Cc2ccccc2)c1. The smallest absolute Gasteiger partial charge is 0.257 e. The molecule has 116 valence electrons. The Bertz CT molecular complexity index is 624. The lowest BCUT2D eigenvalue weighted by molar-refractivity contribution is 0.0630. The summed E-state index contributed by atoms with van der Waals surface area (Å²) in [5.41, 5.74) is 1.82. The molecule has 5 heteroatoms. The molecule has 0 radical (unpaired) electrons. The van der Waals surface area contributed by atoms with Crippen LogP contribution in [0.1, 0.15) is 28.8 Å². The molecule has 2 heterocycles. The van der Waals surface area contributed by atoms with Crippen molar-refractivity contribution in [2.75, 3.05) is 20.3 Å². The van der Waals surface area contributed by atoms with Crippen molar-refractivity contribution in [1.82, 2.24) is 14.7 Å². The summed E-state index contributed by atoms with van der Waals surface area (Å²) in [7, 11) is 1.68. The van der Waals surface area contributed by atoms with E-state index < -0.39 is 0 Å². The maximum atomic E-state index is 12.6. The summed E-state index contributed by atoms with van der Waals surface area (Å²) in [5, 5.41) is 4.31. The van der Waals surface area contributed by atoms with Gasteiger partial charge in [-0.1, -0.05) is 30.3 Å². The minimum atomic E-state index is 0.0545. The van der Waals surface area contributed by atoms with Gasteiger partial charge in [-0.3, -0.25) is 9.48 Å². The van der Waals surface area contributed by atoms with Gasteiger partial charge in [-0.2, -0.15) is 5.10 Å². The van der Waals surface area contributed by atoms with Crippen LogP contribution in [0.25, 0.3) is 0 Å². The summed E-state index contributed by atoms with van der Waals surface area (Å²) < 4.78 is 7.02. The average molecular weight is 299 g/mol. The molecule has 2 aromatic rings. The van der Waals surface area contributed by atoms with Crippen LogP contribution in [0, 0.1) is 0 Å². The molecular formula is C17H21N3O2. The predicted octanol–water partition coefficient (Wildman–Crippen LogP) is 2.18. The number of benzene rings is 1. The van der Waals surface area contributed by atoms with Crippen molar-refractivity contribution in [3.63, 3.8) is 0 Å². The van der Waals surface area contributed by atoms with Crippen molar-refractivity contribution in [1.29, 1.82) is 0 Å². The molecule has 1 fully saturated rings. The maximum Gasteiger partial charge on any atom is 0.257 e. The van der Waals surface area contributed by atoms with Gasteiger partial charge in [0.2, 0.25) is 0 Å². The molecule has 22 heavy (non-hydrogen) atoms. The molecule has 1 atom stereocenters. The van der Waals surface area contributed by atoms with Gasteiger partial charge in [0, 0.05) is 19.9 Å². The summed E-state index contributed by atoms with van der Waals surface area (Å²) in [5.74, 6) is 0.0545. The first-order valence-corrected chi connectivity index (χ1v) is 7.64. The molecule has 1 aromatic heterocycles. The molecule has 1 saturated heterocycles. The van der Waals surface area contributed by atoms with E-state index in [1.54, 1.807) is 13.3 Å². The van der Waals surface area contributed by atoms with Crippen LogP contribution in [0.2, 0.25) is 0 Å². The third-order valence-corrected chi connectivity index (χ3v) is 4.06. The Morgan fingerprint density at radius 1 is 1.36 bits per heavy atom. The summed E-state index contributed by atoms with van der Waals surface area (Å²) in [6.45, 7) is 2.08. The molecule has 1 aromatic carbocycles. The zero-order valence-corrected chi connectivity index (χ0v) is 12.8. The number of ether oxygens (including phenoxy) is 1. The van der Waals surface area contributed by atoms with E-state index in [0.29, 0.717) is 18.7 Å². The van der Waals surface area contributed by atoms with Crippen LogP contribution < -0.4 is 0 Å².